The smallest absolute Gasteiger partial charge is 0.0788 e. The normalized spacial score (nSPS) is 13.0. The molecule has 0 bridgehead atoms. The van der Waals surface area contributed by atoms with Crippen LogP contribution in [0.4, 0.5) is 22.7 Å². The van der Waals surface area contributed by atoms with Gasteiger partial charge in [0.15, 0.2) is 0 Å². The average Bonchev–Trinajstić information content (AvgIpc) is 2.71. The summed E-state index contributed by atoms with van der Waals surface area (Å²) in [5, 5.41) is 9.57. The zero-order valence-electron chi connectivity index (χ0n) is 16.3. The maximum atomic E-state index is 12.2. The third kappa shape index (κ3) is 4.77. The van der Waals surface area contributed by atoms with Crippen LogP contribution in [0.25, 0.3) is 0 Å². The SMILES string of the molecule is Cc1ccc(N(c2ccc(CO)cc2N(c2ccc(C)cc2)S(=O)[O-])S(=O)[O-])cc1. The van der Waals surface area contributed by atoms with Crippen molar-refractivity contribution in [3.05, 3.63) is 83.4 Å². The lowest BCUT2D eigenvalue weighted by molar-refractivity contribution is 0.282. The van der Waals surface area contributed by atoms with Gasteiger partial charge in [0.05, 0.1) is 51.9 Å². The first kappa shape index (κ1) is 22.1. The van der Waals surface area contributed by atoms with Crippen molar-refractivity contribution < 1.29 is 22.6 Å². The van der Waals surface area contributed by atoms with Crippen molar-refractivity contribution in [1.82, 2.24) is 0 Å². The zero-order chi connectivity index (χ0) is 21.8. The molecule has 3 aromatic carbocycles. The van der Waals surface area contributed by atoms with Gasteiger partial charge in [-0.15, -0.1) is 0 Å². The predicted molar refractivity (Wildman–Crippen MR) is 117 cm³/mol. The van der Waals surface area contributed by atoms with E-state index < -0.39 is 22.5 Å². The number of benzene rings is 3. The summed E-state index contributed by atoms with van der Waals surface area (Å²) in [6.07, 6.45) is 0. The van der Waals surface area contributed by atoms with Crippen LogP contribution in [-0.2, 0) is 29.1 Å². The molecule has 0 amide bonds. The van der Waals surface area contributed by atoms with Gasteiger partial charge in [0.2, 0.25) is 0 Å². The molecule has 3 aromatic rings. The van der Waals surface area contributed by atoms with Crippen molar-refractivity contribution in [1.29, 1.82) is 0 Å². The Labute approximate surface area is 180 Å². The Bertz CT molecular complexity index is 1070. The molecule has 0 aromatic heterocycles. The molecule has 0 spiro atoms. The Hall–Kier alpha value is -2.56. The summed E-state index contributed by atoms with van der Waals surface area (Å²) in [7, 11) is 0. The van der Waals surface area contributed by atoms with E-state index >= 15 is 0 Å². The highest BCUT2D eigenvalue weighted by Crippen LogP contribution is 2.40. The Morgan fingerprint density at radius 1 is 0.733 bits per heavy atom. The highest BCUT2D eigenvalue weighted by Gasteiger charge is 2.21. The zero-order valence-corrected chi connectivity index (χ0v) is 18.0. The summed E-state index contributed by atoms with van der Waals surface area (Å²) in [6.45, 7) is 3.43. The highest BCUT2D eigenvalue weighted by atomic mass is 32.2. The fraction of sp³-hybridized carbons (Fsp3) is 0.143. The molecule has 0 radical (unpaired) electrons. The van der Waals surface area contributed by atoms with Crippen molar-refractivity contribution >= 4 is 45.3 Å². The lowest BCUT2D eigenvalue weighted by atomic mass is 10.1. The van der Waals surface area contributed by atoms with Crippen molar-refractivity contribution in [3.63, 3.8) is 0 Å². The largest absolute Gasteiger partial charge is 0.755 e. The van der Waals surface area contributed by atoms with Crippen LogP contribution in [0.15, 0.2) is 66.7 Å². The second kappa shape index (κ2) is 9.50. The summed E-state index contributed by atoms with van der Waals surface area (Å²) in [4.78, 5) is 0. The summed E-state index contributed by atoms with van der Waals surface area (Å²) >= 11 is -5.48. The number of rotatable bonds is 7. The Morgan fingerprint density at radius 2 is 1.17 bits per heavy atom. The van der Waals surface area contributed by atoms with E-state index in [2.05, 4.69) is 0 Å². The first-order valence-electron chi connectivity index (χ1n) is 8.98. The summed E-state index contributed by atoms with van der Waals surface area (Å²) < 4.78 is 50.8. The Kier molecular flexibility index (Phi) is 7.01. The van der Waals surface area contributed by atoms with Gasteiger partial charge in [0.1, 0.15) is 0 Å². The molecular weight excluding hydrogens is 424 g/mol. The molecule has 2 unspecified atom stereocenters. The Balaban J connectivity index is 2.24. The molecule has 158 valence electrons. The van der Waals surface area contributed by atoms with Crippen molar-refractivity contribution in [3.8, 4) is 0 Å². The third-order valence-corrected chi connectivity index (χ3v) is 5.91. The number of hydrogen-bond donors (Lipinski definition) is 1. The lowest BCUT2D eigenvalue weighted by Crippen LogP contribution is -2.25. The van der Waals surface area contributed by atoms with E-state index in [1.807, 2.05) is 13.8 Å². The predicted octanol–water partition coefficient (Wildman–Crippen LogP) is 3.66. The van der Waals surface area contributed by atoms with Crippen LogP contribution in [0, 0.1) is 13.8 Å². The molecule has 2 atom stereocenters. The topological polar surface area (TPSA) is 107 Å². The fourth-order valence-corrected chi connectivity index (χ4v) is 4.18. The fourth-order valence-electron chi connectivity index (χ4n) is 2.97. The molecule has 7 nitrogen and oxygen atoms in total. The van der Waals surface area contributed by atoms with Gasteiger partial charge in [-0.25, -0.2) is 0 Å². The molecule has 0 aliphatic carbocycles. The minimum Gasteiger partial charge on any atom is -0.755 e. The van der Waals surface area contributed by atoms with Crippen molar-refractivity contribution in [2.75, 3.05) is 8.61 Å². The summed E-state index contributed by atoms with van der Waals surface area (Å²) in [6, 6.07) is 18.1. The van der Waals surface area contributed by atoms with Gasteiger partial charge < -0.3 is 14.2 Å². The van der Waals surface area contributed by atoms with Gasteiger partial charge >= 0.3 is 0 Å². The molecule has 0 aliphatic rings. The number of aliphatic hydroxyl groups excluding tert-OH is 1. The molecule has 9 heteroatoms. The third-order valence-electron chi connectivity index (χ3n) is 4.50. The first-order chi connectivity index (χ1) is 14.3. The average molecular weight is 445 g/mol. The van der Waals surface area contributed by atoms with Gasteiger partial charge in [0.25, 0.3) is 0 Å². The van der Waals surface area contributed by atoms with Crippen molar-refractivity contribution in [2.45, 2.75) is 20.5 Å². The van der Waals surface area contributed by atoms with E-state index in [0.29, 0.717) is 16.9 Å². The molecule has 0 saturated carbocycles. The number of aryl methyl sites for hydroxylation is 2. The summed E-state index contributed by atoms with van der Waals surface area (Å²) in [5.74, 6) is 0. The second-order valence-electron chi connectivity index (χ2n) is 6.68. The quantitative estimate of drug-likeness (QED) is 0.560. The summed E-state index contributed by atoms with van der Waals surface area (Å²) in [5.41, 5.74) is 3.27. The van der Waals surface area contributed by atoms with E-state index in [1.165, 1.54) is 12.1 Å². The van der Waals surface area contributed by atoms with Crippen LogP contribution in [0.3, 0.4) is 0 Å². The molecule has 0 heterocycles. The molecule has 1 N–H and O–H groups in total. The van der Waals surface area contributed by atoms with Gasteiger partial charge in [-0.1, -0.05) is 41.5 Å². The molecular formula is C21H20N2O5S2-2. The van der Waals surface area contributed by atoms with Crippen LogP contribution in [-0.4, -0.2) is 22.6 Å². The number of nitrogens with zero attached hydrogens (tertiary/aromatic N) is 2. The standard InChI is InChI=1S/C21H22N2O5S2/c1-15-3-8-18(9-4-15)22(29(25)26)20-12-7-17(14-24)13-21(20)23(30(27)28)19-10-5-16(2)6-11-19/h3-13,24H,14H2,1-2H3,(H,25,26)(H,27,28)/p-2. The number of hydrogen-bond acceptors (Lipinski definition) is 5. The molecule has 0 aliphatic heterocycles. The van der Waals surface area contributed by atoms with Gasteiger partial charge in [-0.3, -0.25) is 17.0 Å². The van der Waals surface area contributed by atoms with Crippen LogP contribution in [0.1, 0.15) is 16.7 Å². The van der Waals surface area contributed by atoms with Crippen LogP contribution in [0.2, 0.25) is 0 Å². The van der Waals surface area contributed by atoms with Gasteiger partial charge in [0, 0.05) is 0 Å². The minimum absolute atomic E-state index is 0.100. The molecule has 0 saturated heterocycles. The Morgan fingerprint density at radius 3 is 1.57 bits per heavy atom. The minimum atomic E-state index is -2.75. The van der Waals surface area contributed by atoms with E-state index in [1.54, 1.807) is 54.6 Å². The van der Waals surface area contributed by atoms with Crippen LogP contribution in [0.5, 0.6) is 0 Å². The van der Waals surface area contributed by atoms with E-state index in [0.717, 1.165) is 19.7 Å². The van der Waals surface area contributed by atoms with Crippen LogP contribution < -0.4 is 8.61 Å². The lowest BCUT2D eigenvalue weighted by Gasteiger charge is -2.34. The van der Waals surface area contributed by atoms with Crippen molar-refractivity contribution in [2.24, 2.45) is 0 Å². The van der Waals surface area contributed by atoms with E-state index in [9.17, 15) is 22.6 Å². The maximum absolute atomic E-state index is 12.2. The van der Waals surface area contributed by atoms with Crippen LogP contribution >= 0.6 is 0 Å². The van der Waals surface area contributed by atoms with E-state index in [4.69, 9.17) is 0 Å². The highest BCUT2D eigenvalue weighted by molar-refractivity contribution is 7.81. The molecule has 30 heavy (non-hydrogen) atoms. The number of anilines is 4. The second-order valence-corrected chi connectivity index (χ2v) is 8.27. The van der Waals surface area contributed by atoms with Gasteiger partial charge in [-0.05, 0) is 55.8 Å². The van der Waals surface area contributed by atoms with E-state index in [-0.39, 0.29) is 18.0 Å². The first-order valence-corrected chi connectivity index (χ1v) is 11.0. The van der Waals surface area contributed by atoms with Gasteiger partial charge in [-0.2, -0.15) is 0 Å². The molecule has 0 fully saturated rings. The maximum Gasteiger partial charge on any atom is 0.0788 e. The number of aliphatic hydroxyl groups is 1. The monoisotopic (exact) mass is 444 g/mol. The molecule has 3 rings (SSSR count).